The van der Waals surface area contributed by atoms with Gasteiger partial charge in [-0.2, -0.15) is 0 Å². The topological polar surface area (TPSA) is 99.2 Å². The number of imidazole rings is 2. The quantitative estimate of drug-likeness (QED) is 0.149. The molecule has 0 spiro atoms. The number of benzene rings is 1. The number of hydrogen-bond donors (Lipinski definition) is 3. The van der Waals surface area contributed by atoms with E-state index in [0.29, 0.717) is 0 Å². The van der Waals surface area contributed by atoms with E-state index in [1.165, 1.54) is 17.0 Å². The highest BCUT2D eigenvalue weighted by Gasteiger charge is 2.17. The van der Waals surface area contributed by atoms with Crippen molar-refractivity contribution in [3.63, 3.8) is 0 Å². The zero-order chi connectivity index (χ0) is 37.8. The van der Waals surface area contributed by atoms with Crippen LogP contribution in [0.2, 0.25) is 0 Å². The Morgan fingerprint density at radius 1 is 0.540 bits per heavy atom. The number of nitrogens with one attached hydrogen (secondary N) is 3. The highest BCUT2D eigenvalue weighted by molar-refractivity contribution is 5.75. The van der Waals surface area contributed by atoms with Gasteiger partial charge in [0, 0.05) is 57.3 Å². The first-order valence-electron chi connectivity index (χ1n) is 17.5. The van der Waals surface area contributed by atoms with Crippen LogP contribution in [0.25, 0.3) is 11.0 Å². The second-order valence-corrected chi connectivity index (χ2v) is 17.6. The lowest BCUT2D eigenvalue weighted by atomic mass is 9.87. The first-order valence-corrected chi connectivity index (χ1v) is 17.5. The van der Waals surface area contributed by atoms with E-state index in [1.807, 2.05) is 48.9 Å². The Morgan fingerprint density at radius 3 is 1.58 bits per heavy atom. The number of H-pyrrole nitrogens is 3. The monoisotopic (exact) mass is 681 g/mol. The Kier molecular flexibility index (Phi) is 14.6. The third kappa shape index (κ3) is 14.6. The number of aromatic amines is 3. The van der Waals surface area contributed by atoms with Crippen molar-refractivity contribution < 1.29 is 4.42 Å². The van der Waals surface area contributed by atoms with Crippen molar-refractivity contribution in [3.05, 3.63) is 127 Å². The van der Waals surface area contributed by atoms with E-state index >= 15 is 0 Å². The van der Waals surface area contributed by atoms with E-state index in [9.17, 15) is 0 Å². The summed E-state index contributed by atoms with van der Waals surface area (Å²) >= 11 is 0. The second kappa shape index (κ2) is 17.5. The minimum atomic E-state index is 0.156. The van der Waals surface area contributed by atoms with Gasteiger partial charge in [-0.1, -0.05) is 116 Å². The van der Waals surface area contributed by atoms with Gasteiger partial charge in [0.1, 0.15) is 5.76 Å². The molecular formula is C43H64N6O. The van der Waals surface area contributed by atoms with Crippen molar-refractivity contribution >= 4 is 11.0 Å². The van der Waals surface area contributed by atoms with Gasteiger partial charge in [0.2, 0.25) is 0 Å². The molecule has 3 N–H and O–H groups in total. The fraction of sp³-hybridized carbons (Fsp3) is 0.465. The molecule has 5 heterocycles. The van der Waals surface area contributed by atoms with Crippen LogP contribution in [0.1, 0.15) is 132 Å². The summed E-state index contributed by atoms with van der Waals surface area (Å²) in [5.74, 6) is 1.04. The molecule has 0 amide bonds. The molecule has 50 heavy (non-hydrogen) atoms. The maximum absolute atomic E-state index is 5.20. The summed E-state index contributed by atoms with van der Waals surface area (Å²) in [5, 5.41) is 0. The molecule has 7 nitrogen and oxygen atoms in total. The van der Waals surface area contributed by atoms with Gasteiger partial charge >= 0.3 is 0 Å². The maximum atomic E-state index is 5.20. The molecule has 0 saturated heterocycles. The molecule has 6 aromatic rings. The first kappa shape index (κ1) is 41.8. The third-order valence-electron chi connectivity index (χ3n) is 7.69. The summed E-state index contributed by atoms with van der Waals surface area (Å²) in [6, 6.07) is 20.4. The average molecular weight is 681 g/mol. The number of furan rings is 1. The number of hydrogen-bond acceptors (Lipinski definition) is 4. The summed E-state index contributed by atoms with van der Waals surface area (Å²) in [6.45, 7) is 32.6. The fourth-order valence-electron chi connectivity index (χ4n) is 4.38. The summed E-state index contributed by atoms with van der Waals surface area (Å²) in [6.07, 6.45) is 10.8. The molecule has 0 fully saturated rings. The molecular weight excluding hydrogens is 617 g/mol. The van der Waals surface area contributed by atoms with Crippen LogP contribution in [0.3, 0.4) is 0 Å². The van der Waals surface area contributed by atoms with Crippen LogP contribution < -0.4 is 0 Å². The molecule has 6 rings (SSSR count). The standard InChI is InChI=1S/C11H14N2.C9H13N.C8H13N.C8H12O.C7H12N2/c1-11(2,3)8-4-5-9-10(6-8)13-7-12-9;1-9(2,3)8-6-4-5-7-10-8;2*1-8(2,3)7-5-4-6-9-7;1-7(2,3)6-4-8-5-9-6/h4-7H,1-3H3,(H,12,13);4-7H,1-3H3;4-6,9H,1-3H3;4-6H,1-3H3;4-5H,1-3H3,(H,8,9). The van der Waals surface area contributed by atoms with Gasteiger partial charge in [-0.15, -0.1) is 0 Å². The summed E-state index contributed by atoms with van der Waals surface area (Å²) < 4.78 is 5.20. The molecule has 0 aliphatic heterocycles. The normalized spacial score (nSPS) is 11.9. The molecule has 0 bridgehead atoms. The SMILES string of the molecule is CC(C)(C)c1ccc2nc[nH]c2c1.CC(C)(C)c1ccc[nH]1.CC(C)(C)c1ccccn1.CC(C)(C)c1ccco1.CC(C)(C)c1cnc[nH]1. The molecule has 0 radical (unpaired) electrons. The zero-order valence-corrected chi connectivity index (χ0v) is 33.5. The van der Waals surface area contributed by atoms with Crippen LogP contribution in [0.4, 0.5) is 0 Å². The fourth-order valence-corrected chi connectivity index (χ4v) is 4.38. The molecule has 0 atom stereocenters. The Balaban J connectivity index is 0.000000219. The Morgan fingerprint density at radius 2 is 1.22 bits per heavy atom. The van der Waals surface area contributed by atoms with Crippen LogP contribution in [0, 0.1) is 0 Å². The van der Waals surface area contributed by atoms with E-state index in [1.54, 1.807) is 18.9 Å². The molecule has 272 valence electrons. The highest BCUT2D eigenvalue weighted by Crippen LogP contribution is 2.25. The summed E-state index contributed by atoms with van der Waals surface area (Å²) in [7, 11) is 0. The third-order valence-corrected chi connectivity index (χ3v) is 7.69. The summed E-state index contributed by atoms with van der Waals surface area (Å²) in [4.78, 5) is 21.7. The largest absolute Gasteiger partial charge is 0.469 e. The van der Waals surface area contributed by atoms with Crippen LogP contribution in [0.5, 0.6) is 0 Å². The van der Waals surface area contributed by atoms with Gasteiger partial charge in [0.05, 0.1) is 30.0 Å². The molecule has 5 aromatic heterocycles. The average Bonchev–Trinajstić information content (AvgIpc) is 3.84. The first-order chi connectivity index (χ1) is 23.0. The van der Waals surface area contributed by atoms with Gasteiger partial charge in [0.15, 0.2) is 0 Å². The summed E-state index contributed by atoms with van der Waals surface area (Å²) in [5.41, 5.74) is 8.13. The van der Waals surface area contributed by atoms with E-state index < -0.39 is 0 Å². The van der Waals surface area contributed by atoms with Crippen molar-refractivity contribution in [1.82, 2.24) is 29.9 Å². The predicted octanol–water partition coefficient (Wildman–Crippen LogP) is 11.8. The lowest BCUT2D eigenvalue weighted by Crippen LogP contribution is -2.12. The molecule has 7 heteroatoms. The molecule has 0 aliphatic carbocycles. The smallest absolute Gasteiger partial charge is 0.109 e. The number of nitrogens with zero attached hydrogens (tertiary/aromatic N) is 3. The lowest BCUT2D eigenvalue weighted by molar-refractivity contribution is 0.409. The highest BCUT2D eigenvalue weighted by atomic mass is 16.3. The molecule has 1 aromatic carbocycles. The van der Waals surface area contributed by atoms with Crippen LogP contribution in [-0.2, 0) is 27.1 Å². The Hall–Kier alpha value is -4.39. The minimum absolute atomic E-state index is 0.156. The maximum Gasteiger partial charge on any atom is 0.109 e. The van der Waals surface area contributed by atoms with Crippen molar-refractivity contribution in [3.8, 4) is 0 Å². The van der Waals surface area contributed by atoms with Gasteiger partial charge in [-0.05, 0) is 59.5 Å². The number of pyridine rings is 1. The molecule has 0 aliphatic rings. The number of aromatic nitrogens is 6. The number of fused-ring (bicyclic) bond motifs is 1. The van der Waals surface area contributed by atoms with Gasteiger partial charge < -0.3 is 19.4 Å². The Bertz CT molecular complexity index is 1620. The van der Waals surface area contributed by atoms with Crippen molar-refractivity contribution in [1.29, 1.82) is 0 Å². The van der Waals surface area contributed by atoms with Gasteiger partial charge in [0.25, 0.3) is 0 Å². The van der Waals surface area contributed by atoms with Gasteiger partial charge in [-0.25, -0.2) is 9.97 Å². The minimum Gasteiger partial charge on any atom is -0.469 e. The van der Waals surface area contributed by atoms with E-state index in [2.05, 4.69) is 164 Å². The van der Waals surface area contributed by atoms with E-state index in [0.717, 1.165) is 22.5 Å². The van der Waals surface area contributed by atoms with Crippen molar-refractivity contribution in [2.75, 3.05) is 0 Å². The molecule has 0 saturated carbocycles. The zero-order valence-electron chi connectivity index (χ0n) is 33.5. The van der Waals surface area contributed by atoms with Gasteiger partial charge in [-0.3, -0.25) is 4.98 Å². The second-order valence-electron chi connectivity index (χ2n) is 17.6. The van der Waals surface area contributed by atoms with E-state index in [4.69, 9.17) is 4.42 Å². The van der Waals surface area contributed by atoms with E-state index in [-0.39, 0.29) is 27.1 Å². The van der Waals surface area contributed by atoms with Crippen molar-refractivity contribution in [2.45, 2.75) is 131 Å². The molecule has 0 unspecified atom stereocenters. The van der Waals surface area contributed by atoms with Crippen molar-refractivity contribution in [2.24, 2.45) is 0 Å². The lowest BCUT2D eigenvalue weighted by Gasteiger charge is -2.18. The van der Waals surface area contributed by atoms with Crippen LogP contribution in [-0.4, -0.2) is 29.9 Å². The van der Waals surface area contributed by atoms with Crippen LogP contribution in [0.15, 0.2) is 103 Å². The number of rotatable bonds is 0. The van der Waals surface area contributed by atoms with Crippen LogP contribution >= 0.6 is 0 Å². The predicted molar refractivity (Wildman–Crippen MR) is 212 cm³/mol. The Labute approximate surface area is 302 Å².